The largest absolute Gasteiger partial charge is 0.376 e. The molecular weight excluding hydrogens is 260 g/mol. The first-order valence-electron chi connectivity index (χ1n) is 7.31. The summed E-state index contributed by atoms with van der Waals surface area (Å²) in [5.74, 6) is 6.02. The van der Waals surface area contributed by atoms with Crippen LogP contribution >= 0.6 is 0 Å². The van der Waals surface area contributed by atoms with Crippen LogP contribution in [0.4, 0.5) is 0 Å². The smallest absolute Gasteiger partial charge is 0.147 e. The van der Waals surface area contributed by atoms with Gasteiger partial charge in [-0.05, 0) is 37.8 Å². The zero-order chi connectivity index (χ0) is 14.9. The molecule has 0 amide bonds. The van der Waals surface area contributed by atoms with Crippen molar-refractivity contribution in [3.05, 3.63) is 35.4 Å². The Labute approximate surface area is 124 Å². The standard InChI is InChI=1S/C18H16N2O/c19-12-15-5-2-1-4-14(15)8-9-18(21,16-6-3-7-16)17(13-20)10-11-17/h1-2,4-5,16,21H,3,6-7,10-11H2/t18-/m1/s1. The van der Waals surface area contributed by atoms with Crippen LogP contribution in [0, 0.1) is 45.8 Å². The first-order chi connectivity index (χ1) is 10.1. The lowest BCUT2D eigenvalue weighted by molar-refractivity contribution is -0.0404. The molecule has 2 aliphatic carbocycles. The molecule has 0 unspecified atom stereocenters. The number of benzene rings is 1. The average Bonchev–Trinajstić information content (AvgIpc) is 3.25. The fourth-order valence-electron chi connectivity index (χ4n) is 2.99. The van der Waals surface area contributed by atoms with Gasteiger partial charge in [-0.25, -0.2) is 0 Å². The lowest BCUT2D eigenvalue weighted by Gasteiger charge is -2.41. The molecule has 21 heavy (non-hydrogen) atoms. The Morgan fingerprint density at radius 2 is 1.81 bits per heavy atom. The van der Waals surface area contributed by atoms with Gasteiger partial charge in [0.1, 0.15) is 11.7 Å². The first-order valence-corrected chi connectivity index (χ1v) is 7.31. The highest BCUT2D eigenvalue weighted by Gasteiger charge is 2.63. The lowest BCUT2D eigenvalue weighted by Crippen LogP contribution is -2.48. The van der Waals surface area contributed by atoms with E-state index in [2.05, 4.69) is 24.0 Å². The van der Waals surface area contributed by atoms with Crippen LogP contribution in [-0.2, 0) is 0 Å². The summed E-state index contributed by atoms with van der Waals surface area (Å²) in [5.41, 5.74) is -0.816. The molecule has 3 nitrogen and oxygen atoms in total. The maximum atomic E-state index is 11.1. The van der Waals surface area contributed by atoms with Crippen LogP contribution in [-0.4, -0.2) is 10.7 Å². The molecule has 1 aromatic carbocycles. The summed E-state index contributed by atoms with van der Waals surface area (Å²) in [5, 5.41) is 29.6. The van der Waals surface area contributed by atoms with Gasteiger partial charge in [0.25, 0.3) is 0 Å². The quantitative estimate of drug-likeness (QED) is 0.844. The van der Waals surface area contributed by atoms with E-state index in [1.807, 2.05) is 6.07 Å². The number of hydrogen-bond donors (Lipinski definition) is 1. The van der Waals surface area contributed by atoms with Crippen molar-refractivity contribution in [1.82, 2.24) is 0 Å². The molecule has 0 bridgehead atoms. The third kappa shape index (κ3) is 2.09. The Bertz CT molecular complexity index is 705. The molecule has 0 saturated heterocycles. The van der Waals surface area contributed by atoms with Gasteiger partial charge in [0.15, 0.2) is 0 Å². The van der Waals surface area contributed by atoms with Crippen molar-refractivity contribution in [1.29, 1.82) is 10.5 Å². The van der Waals surface area contributed by atoms with Crippen LogP contribution in [0.25, 0.3) is 0 Å². The second kappa shape index (κ2) is 4.92. The van der Waals surface area contributed by atoms with E-state index in [0.29, 0.717) is 24.0 Å². The number of rotatable bonds is 2. The first kappa shape index (κ1) is 13.7. The summed E-state index contributed by atoms with van der Waals surface area (Å²) in [6.07, 6.45) is 4.37. The molecule has 104 valence electrons. The maximum absolute atomic E-state index is 11.1. The molecule has 1 aromatic rings. The van der Waals surface area contributed by atoms with Crippen LogP contribution < -0.4 is 0 Å². The van der Waals surface area contributed by atoms with Gasteiger partial charge in [0.2, 0.25) is 0 Å². The maximum Gasteiger partial charge on any atom is 0.147 e. The Hall–Kier alpha value is -2.28. The molecule has 1 atom stereocenters. The van der Waals surface area contributed by atoms with Gasteiger partial charge >= 0.3 is 0 Å². The highest BCUT2D eigenvalue weighted by Crippen LogP contribution is 2.59. The summed E-state index contributed by atoms with van der Waals surface area (Å²) in [7, 11) is 0. The van der Waals surface area contributed by atoms with E-state index < -0.39 is 11.0 Å². The van der Waals surface area contributed by atoms with Crippen molar-refractivity contribution in [2.45, 2.75) is 37.7 Å². The number of nitrogens with zero attached hydrogens (tertiary/aromatic N) is 2. The number of nitriles is 2. The van der Waals surface area contributed by atoms with E-state index in [-0.39, 0.29) is 5.92 Å². The summed E-state index contributed by atoms with van der Waals surface area (Å²) in [6.45, 7) is 0. The summed E-state index contributed by atoms with van der Waals surface area (Å²) >= 11 is 0. The lowest BCUT2D eigenvalue weighted by atomic mass is 9.66. The second-order valence-electron chi connectivity index (χ2n) is 6.00. The van der Waals surface area contributed by atoms with E-state index in [4.69, 9.17) is 5.26 Å². The monoisotopic (exact) mass is 276 g/mol. The Morgan fingerprint density at radius 3 is 2.29 bits per heavy atom. The minimum Gasteiger partial charge on any atom is -0.376 e. The van der Waals surface area contributed by atoms with Crippen molar-refractivity contribution in [3.8, 4) is 24.0 Å². The van der Waals surface area contributed by atoms with Crippen molar-refractivity contribution in [2.75, 3.05) is 0 Å². The molecular formula is C18H16N2O. The predicted molar refractivity (Wildman–Crippen MR) is 77.6 cm³/mol. The Kier molecular flexibility index (Phi) is 3.21. The molecule has 2 saturated carbocycles. The molecule has 3 heteroatoms. The fraction of sp³-hybridized carbons (Fsp3) is 0.444. The van der Waals surface area contributed by atoms with Crippen LogP contribution in [0.2, 0.25) is 0 Å². The second-order valence-corrected chi connectivity index (χ2v) is 6.00. The van der Waals surface area contributed by atoms with Crippen LogP contribution in [0.3, 0.4) is 0 Å². The minimum atomic E-state index is -1.23. The highest BCUT2D eigenvalue weighted by molar-refractivity contribution is 5.49. The van der Waals surface area contributed by atoms with Gasteiger partial charge in [0.05, 0.1) is 17.0 Å². The third-order valence-corrected chi connectivity index (χ3v) is 4.82. The van der Waals surface area contributed by atoms with Crippen molar-refractivity contribution in [2.24, 2.45) is 11.3 Å². The summed E-state index contributed by atoms with van der Waals surface area (Å²) in [4.78, 5) is 0. The minimum absolute atomic E-state index is 0.0846. The fourth-order valence-corrected chi connectivity index (χ4v) is 2.99. The van der Waals surface area contributed by atoms with Crippen LogP contribution in [0.15, 0.2) is 24.3 Å². The molecule has 2 fully saturated rings. The molecule has 0 aliphatic heterocycles. The number of hydrogen-bond acceptors (Lipinski definition) is 3. The molecule has 0 spiro atoms. The summed E-state index contributed by atoms with van der Waals surface area (Å²) in [6, 6.07) is 11.5. The van der Waals surface area contributed by atoms with Gasteiger partial charge in [-0.15, -0.1) is 0 Å². The van der Waals surface area contributed by atoms with Gasteiger partial charge in [0, 0.05) is 11.5 Å². The highest BCUT2D eigenvalue weighted by atomic mass is 16.3. The van der Waals surface area contributed by atoms with E-state index in [1.54, 1.807) is 18.2 Å². The molecule has 2 aliphatic rings. The third-order valence-electron chi connectivity index (χ3n) is 4.82. The zero-order valence-electron chi connectivity index (χ0n) is 11.8. The van der Waals surface area contributed by atoms with E-state index in [1.165, 1.54) is 0 Å². The predicted octanol–water partition coefficient (Wildman–Crippen LogP) is 2.74. The van der Waals surface area contributed by atoms with E-state index >= 15 is 0 Å². The van der Waals surface area contributed by atoms with E-state index in [9.17, 15) is 10.4 Å². The molecule has 1 N–H and O–H groups in total. The summed E-state index contributed by atoms with van der Waals surface area (Å²) < 4.78 is 0. The molecule has 0 radical (unpaired) electrons. The number of aliphatic hydroxyl groups is 1. The van der Waals surface area contributed by atoms with Crippen LogP contribution in [0.5, 0.6) is 0 Å². The topological polar surface area (TPSA) is 67.8 Å². The molecule has 3 rings (SSSR count). The van der Waals surface area contributed by atoms with Gasteiger partial charge < -0.3 is 5.11 Å². The van der Waals surface area contributed by atoms with Gasteiger partial charge in [-0.1, -0.05) is 30.4 Å². The SMILES string of the molecule is N#Cc1ccccc1C#C[C@@](O)(C1CCC1)C1(C#N)CC1. The van der Waals surface area contributed by atoms with Crippen molar-refractivity contribution >= 4 is 0 Å². The Balaban J connectivity index is 1.99. The zero-order valence-corrected chi connectivity index (χ0v) is 11.8. The van der Waals surface area contributed by atoms with Crippen LogP contribution in [0.1, 0.15) is 43.2 Å². The van der Waals surface area contributed by atoms with Crippen molar-refractivity contribution < 1.29 is 5.11 Å². The average molecular weight is 276 g/mol. The normalized spacial score (nSPS) is 21.7. The van der Waals surface area contributed by atoms with E-state index in [0.717, 1.165) is 19.3 Å². The molecule has 0 aromatic heterocycles. The molecule has 0 heterocycles. The Morgan fingerprint density at radius 1 is 1.14 bits per heavy atom. The van der Waals surface area contributed by atoms with Gasteiger partial charge in [-0.2, -0.15) is 10.5 Å². The van der Waals surface area contributed by atoms with Gasteiger partial charge in [-0.3, -0.25) is 0 Å². The van der Waals surface area contributed by atoms with Crippen molar-refractivity contribution in [3.63, 3.8) is 0 Å².